The molecule has 0 aliphatic heterocycles. The molecule has 1 aliphatic rings. The first-order valence-corrected chi connectivity index (χ1v) is 6.75. The van der Waals surface area contributed by atoms with Gasteiger partial charge in [-0.2, -0.15) is 0 Å². The maximum atomic E-state index is 3.63. The number of aromatic nitrogens is 1. The molecule has 0 saturated heterocycles. The van der Waals surface area contributed by atoms with Crippen LogP contribution in [-0.4, -0.2) is 4.98 Å². The van der Waals surface area contributed by atoms with Gasteiger partial charge in [0.15, 0.2) is 0 Å². The predicted molar refractivity (Wildman–Crippen MR) is 71.9 cm³/mol. The molecule has 2 atom stereocenters. The molecule has 84 valence electrons. The molecule has 1 nitrogen and oxygen atoms in total. The van der Waals surface area contributed by atoms with Gasteiger partial charge >= 0.3 is 0 Å². The third-order valence-corrected chi connectivity index (χ3v) is 4.37. The molecule has 2 heteroatoms. The van der Waals surface area contributed by atoms with E-state index in [0.717, 1.165) is 5.92 Å². The molecule has 0 saturated carbocycles. The Hall–Kier alpha value is -0.760. The monoisotopic (exact) mass is 277 g/mol. The van der Waals surface area contributed by atoms with Gasteiger partial charge in [-0.25, -0.2) is 0 Å². The number of benzene rings is 1. The zero-order valence-corrected chi connectivity index (χ0v) is 11.3. The van der Waals surface area contributed by atoms with Gasteiger partial charge in [0.2, 0.25) is 0 Å². The van der Waals surface area contributed by atoms with E-state index in [2.05, 4.69) is 53.0 Å². The summed E-state index contributed by atoms with van der Waals surface area (Å²) in [5.74, 6) is 1.48. The standard InChI is InChI=1S/C14H16BrN/c1-8-6-9(2)13-10-4-3-5-11(15)14(10)16-12(13)7-8/h3-5,8-9,16H,6-7H2,1-2H3. The van der Waals surface area contributed by atoms with E-state index >= 15 is 0 Å². The Morgan fingerprint density at radius 2 is 2.12 bits per heavy atom. The Labute approximate surface area is 104 Å². The maximum Gasteiger partial charge on any atom is 0.0603 e. The molecule has 2 unspecified atom stereocenters. The van der Waals surface area contributed by atoms with Crippen molar-refractivity contribution in [3.63, 3.8) is 0 Å². The van der Waals surface area contributed by atoms with Gasteiger partial charge in [0.05, 0.1) is 5.52 Å². The zero-order valence-electron chi connectivity index (χ0n) is 9.68. The lowest BCUT2D eigenvalue weighted by molar-refractivity contribution is 0.448. The molecule has 1 N–H and O–H groups in total. The number of halogens is 1. The molecule has 16 heavy (non-hydrogen) atoms. The van der Waals surface area contributed by atoms with Gasteiger partial charge in [-0.15, -0.1) is 0 Å². The van der Waals surface area contributed by atoms with Crippen molar-refractivity contribution in [3.05, 3.63) is 33.9 Å². The van der Waals surface area contributed by atoms with Crippen LogP contribution in [0.15, 0.2) is 22.7 Å². The van der Waals surface area contributed by atoms with Crippen LogP contribution in [0.2, 0.25) is 0 Å². The number of fused-ring (bicyclic) bond motifs is 3. The second-order valence-electron chi connectivity index (χ2n) is 5.13. The Balaban J connectivity index is 2.30. The fourth-order valence-corrected chi connectivity index (χ4v) is 3.60. The van der Waals surface area contributed by atoms with Crippen molar-refractivity contribution in [1.82, 2.24) is 4.98 Å². The Kier molecular flexibility index (Phi) is 2.36. The van der Waals surface area contributed by atoms with Crippen LogP contribution in [0.5, 0.6) is 0 Å². The highest BCUT2D eigenvalue weighted by atomic mass is 79.9. The van der Waals surface area contributed by atoms with E-state index in [1.54, 1.807) is 5.56 Å². The highest BCUT2D eigenvalue weighted by Gasteiger charge is 2.25. The molecule has 0 fully saturated rings. The molecule has 1 heterocycles. The van der Waals surface area contributed by atoms with E-state index in [1.807, 2.05) is 0 Å². The number of rotatable bonds is 0. The lowest BCUT2D eigenvalue weighted by Crippen LogP contribution is -2.13. The summed E-state index contributed by atoms with van der Waals surface area (Å²) in [5.41, 5.74) is 4.27. The minimum Gasteiger partial charge on any atom is -0.357 e. The summed E-state index contributed by atoms with van der Waals surface area (Å²) in [6.07, 6.45) is 2.51. The van der Waals surface area contributed by atoms with Gasteiger partial charge in [-0.05, 0) is 52.2 Å². The number of H-pyrrole nitrogens is 1. The summed E-state index contributed by atoms with van der Waals surface area (Å²) >= 11 is 3.63. The first kappa shape index (κ1) is 10.4. The molecule has 0 spiro atoms. The zero-order chi connectivity index (χ0) is 11.3. The topological polar surface area (TPSA) is 15.8 Å². The number of para-hydroxylation sites is 1. The molecular formula is C14H16BrN. The Bertz CT molecular complexity index is 541. The summed E-state index contributed by atoms with van der Waals surface area (Å²) in [6.45, 7) is 4.70. The van der Waals surface area contributed by atoms with Crippen molar-refractivity contribution in [2.75, 3.05) is 0 Å². The minimum atomic E-state index is 0.682. The second kappa shape index (κ2) is 3.63. The number of hydrogen-bond acceptors (Lipinski definition) is 0. The molecule has 1 aliphatic carbocycles. The van der Waals surface area contributed by atoms with E-state index < -0.39 is 0 Å². The molecule has 0 radical (unpaired) electrons. The fraction of sp³-hybridized carbons (Fsp3) is 0.429. The summed E-state index contributed by atoms with van der Waals surface area (Å²) in [5, 5.41) is 1.41. The molecular weight excluding hydrogens is 262 g/mol. The Morgan fingerprint density at radius 3 is 2.94 bits per heavy atom. The second-order valence-corrected chi connectivity index (χ2v) is 5.98. The van der Waals surface area contributed by atoms with Crippen LogP contribution in [0.1, 0.15) is 37.4 Å². The van der Waals surface area contributed by atoms with Crippen molar-refractivity contribution in [2.24, 2.45) is 5.92 Å². The number of nitrogens with one attached hydrogen (secondary N) is 1. The van der Waals surface area contributed by atoms with E-state index in [9.17, 15) is 0 Å². The average Bonchev–Trinajstić information content (AvgIpc) is 2.57. The van der Waals surface area contributed by atoms with Crippen molar-refractivity contribution < 1.29 is 0 Å². The van der Waals surface area contributed by atoms with Gasteiger partial charge < -0.3 is 4.98 Å². The lowest BCUT2D eigenvalue weighted by Gasteiger charge is -2.24. The van der Waals surface area contributed by atoms with E-state index in [-0.39, 0.29) is 0 Å². The van der Waals surface area contributed by atoms with Crippen LogP contribution in [0, 0.1) is 5.92 Å². The van der Waals surface area contributed by atoms with Crippen LogP contribution in [0.3, 0.4) is 0 Å². The molecule has 1 aromatic carbocycles. The van der Waals surface area contributed by atoms with Crippen LogP contribution >= 0.6 is 15.9 Å². The van der Waals surface area contributed by atoms with Crippen molar-refractivity contribution in [2.45, 2.75) is 32.6 Å². The first-order valence-electron chi connectivity index (χ1n) is 5.95. The lowest BCUT2D eigenvalue weighted by atomic mass is 9.81. The van der Waals surface area contributed by atoms with Gasteiger partial charge in [0.25, 0.3) is 0 Å². The van der Waals surface area contributed by atoms with Gasteiger partial charge in [0.1, 0.15) is 0 Å². The molecule has 0 bridgehead atoms. The van der Waals surface area contributed by atoms with Gasteiger partial charge in [-0.1, -0.05) is 26.0 Å². The SMILES string of the molecule is CC1Cc2[nH]c3c(Br)cccc3c2C(C)C1. The van der Waals surface area contributed by atoms with Crippen LogP contribution in [0.25, 0.3) is 10.9 Å². The molecule has 2 aromatic rings. The van der Waals surface area contributed by atoms with E-state index in [1.165, 1.54) is 33.9 Å². The molecule has 1 aromatic heterocycles. The summed E-state index contributed by atoms with van der Waals surface area (Å²) in [7, 11) is 0. The summed E-state index contributed by atoms with van der Waals surface area (Å²) in [6, 6.07) is 6.48. The number of hydrogen-bond donors (Lipinski definition) is 1. The van der Waals surface area contributed by atoms with Crippen molar-refractivity contribution >= 4 is 26.8 Å². The smallest absolute Gasteiger partial charge is 0.0603 e. The van der Waals surface area contributed by atoms with E-state index in [4.69, 9.17) is 0 Å². The third kappa shape index (κ3) is 1.43. The summed E-state index contributed by atoms with van der Waals surface area (Å²) in [4.78, 5) is 3.60. The van der Waals surface area contributed by atoms with Crippen LogP contribution in [-0.2, 0) is 6.42 Å². The Morgan fingerprint density at radius 1 is 1.31 bits per heavy atom. The normalized spacial score (nSPS) is 24.7. The largest absolute Gasteiger partial charge is 0.357 e. The summed E-state index contributed by atoms with van der Waals surface area (Å²) < 4.78 is 1.18. The van der Waals surface area contributed by atoms with Crippen LogP contribution < -0.4 is 0 Å². The molecule has 3 rings (SSSR count). The minimum absolute atomic E-state index is 0.682. The number of aromatic amines is 1. The first-order chi connectivity index (χ1) is 7.66. The average molecular weight is 278 g/mol. The maximum absolute atomic E-state index is 3.63. The van der Waals surface area contributed by atoms with Crippen LogP contribution in [0.4, 0.5) is 0 Å². The fourth-order valence-electron chi connectivity index (χ4n) is 3.13. The van der Waals surface area contributed by atoms with E-state index in [0.29, 0.717) is 5.92 Å². The third-order valence-electron chi connectivity index (χ3n) is 3.71. The predicted octanol–water partition coefficient (Wildman–Crippen LogP) is 4.62. The quantitative estimate of drug-likeness (QED) is 0.724. The highest BCUT2D eigenvalue weighted by Crippen LogP contribution is 2.40. The van der Waals surface area contributed by atoms with Crippen molar-refractivity contribution in [3.8, 4) is 0 Å². The van der Waals surface area contributed by atoms with Crippen molar-refractivity contribution in [1.29, 1.82) is 0 Å². The molecule has 0 amide bonds. The van der Waals surface area contributed by atoms with Gasteiger partial charge in [0, 0.05) is 15.6 Å². The van der Waals surface area contributed by atoms with Gasteiger partial charge in [-0.3, -0.25) is 0 Å². The highest BCUT2D eigenvalue weighted by molar-refractivity contribution is 9.10.